The summed E-state index contributed by atoms with van der Waals surface area (Å²) < 4.78 is 0. The normalized spacial score (nSPS) is 11.4. The van der Waals surface area contributed by atoms with Gasteiger partial charge >= 0.3 is 0 Å². The Hall–Kier alpha value is -3.95. The summed E-state index contributed by atoms with van der Waals surface area (Å²) in [6.45, 7) is -0.112. The van der Waals surface area contributed by atoms with Gasteiger partial charge in [0, 0.05) is 56.5 Å². The van der Waals surface area contributed by atoms with Crippen LogP contribution >= 0.6 is 0 Å². The maximum Gasteiger partial charge on any atom is 0.235 e. The monoisotopic (exact) mass is 367 g/mol. The van der Waals surface area contributed by atoms with Gasteiger partial charge in [0.1, 0.15) is 0 Å². The Bertz CT molecular complexity index is 1500. The molecular formula is C22H13N3O3. The molecule has 2 heterocycles. The maximum absolute atomic E-state index is 12.5. The zero-order chi connectivity index (χ0) is 19.4. The van der Waals surface area contributed by atoms with Gasteiger partial charge in [-0.05, 0) is 35.9 Å². The van der Waals surface area contributed by atoms with E-state index in [-0.39, 0.29) is 6.61 Å². The highest BCUT2D eigenvalue weighted by atomic mass is 16.3. The van der Waals surface area contributed by atoms with E-state index in [1.54, 1.807) is 36.7 Å². The van der Waals surface area contributed by atoms with Crippen molar-refractivity contribution in [3.63, 3.8) is 0 Å². The fourth-order valence-electron chi connectivity index (χ4n) is 3.78. The molecule has 0 fully saturated rings. The van der Waals surface area contributed by atoms with E-state index in [1.165, 1.54) is 0 Å². The fraction of sp³-hybridized carbons (Fsp3) is 0.0455. The number of fused-ring (bicyclic) bond motifs is 2. The third kappa shape index (κ3) is 2.11. The number of rotatable bonds is 3. The van der Waals surface area contributed by atoms with E-state index in [0.717, 1.165) is 27.4 Å². The van der Waals surface area contributed by atoms with Crippen LogP contribution in [0.3, 0.4) is 0 Å². The molecule has 0 amide bonds. The third-order valence-corrected chi connectivity index (χ3v) is 5.19. The first-order valence-electron chi connectivity index (χ1n) is 8.68. The molecule has 0 aliphatic carbocycles. The second-order valence-corrected chi connectivity index (χ2v) is 6.72. The van der Waals surface area contributed by atoms with Gasteiger partial charge in [0.2, 0.25) is 10.9 Å². The van der Waals surface area contributed by atoms with E-state index in [4.69, 9.17) is 0 Å². The zero-order valence-electron chi connectivity index (χ0n) is 14.5. The summed E-state index contributed by atoms with van der Waals surface area (Å²) in [4.78, 5) is 31.2. The number of H-pyrrole nitrogens is 2. The van der Waals surface area contributed by atoms with E-state index in [9.17, 15) is 20.0 Å². The van der Waals surface area contributed by atoms with Crippen molar-refractivity contribution >= 4 is 21.8 Å². The molecule has 0 atom stereocenters. The molecule has 5 aromatic rings. The molecule has 6 heteroatoms. The van der Waals surface area contributed by atoms with Crippen molar-refractivity contribution in [3.05, 3.63) is 80.4 Å². The standard InChI is InChI=1S/C22H13N3O3/c23-7-11-1-3-17-13(5-11)15(8-24-17)19-20(22(28)21(19)27)16-9-25-18-4-2-12(10-26)6-14(16)18/h1-6,8-9,24-26H,10H2. The van der Waals surface area contributed by atoms with Crippen molar-refractivity contribution < 1.29 is 5.11 Å². The molecule has 0 radical (unpaired) electrons. The van der Waals surface area contributed by atoms with Crippen LogP contribution in [-0.2, 0) is 6.61 Å². The van der Waals surface area contributed by atoms with Gasteiger partial charge in [0.05, 0.1) is 18.2 Å². The SMILES string of the molecule is N#Cc1ccc2[nH]cc(-c3c(-c4c[nH]c5ccc(CO)cc45)c(=O)c3=O)c2c1. The summed E-state index contributed by atoms with van der Waals surface area (Å²) in [5.74, 6) is 0. The number of aliphatic hydroxyl groups is 1. The van der Waals surface area contributed by atoms with Crippen LogP contribution in [0.1, 0.15) is 11.1 Å². The first kappa shape index (κ1) is 16.2. The summed E-state index contributed by atoms with van der Waals surface area (Å²) in [5.41, 5.74) is 3.69. The average molecular weight is 367 g/mol. The van der Waals surface area contributed by atoms with Crippen LogP contribution in [0.25, 0.3) is 44.1 Å². The minimum absolute atomic E-state index is 0.112. The van der Waals surface area contributed by atoms with Crippen LogP contribution in [0.4, 0.5) is 0 Å². The predicted molar refractivity (Wildman–Crippen MR) is 107 cm³/mol. The highest BCUT2D eigenvalue weighted by molar-refractivity contribution is 6.06. The zero-order valence-corrected chi connectivity index (χ0v) is 14.5. The van der Waals surface area contributed by atoms with Gasteiger partial charge in [-0.2, -0.15) is 5.26 Å². The van der Waals surface area contributed by atoms with Gasteiger partial charge in [0.15, 0.2) is 0 Å². The van der Waals surface area contributed by atoms with Crippen molar-refractivity contribution in [2.45, 2.75) is 6.61 Å². The molecular weight excluding hydrogens is 354 g/mol. The van der Waals surface area contributed by atoms with Crippen LogP contribution in [0.15, 0.2) is 58.4 Å². The quantitative estimate of drug-likeness (QED) is 0.426. The van der Waals surface area contributed by atoms with Gasteiger partial charge in [0.25, 0.3) is 0 Å². The number of benzene rings is 2. The lowest BCUT2D eigenvalue weighted by Gasteiger charge is -2.10. The molecule has 3 N–H and O–H groups in total. The second kappa shape index (κ2) is 5.78. The number of hydrogen-bond donors (Lipinski definition) is 3. The van der Waals surface area contributed by atoms with Crippen LogP contribution in [0.5, 0.6) is 0 Å². The lowest BCUT2D eigenvalue weighted by molar-refractivity contribution is 0.282. The molecule has 5 rings (SSSR count). The Balaban J connectivity index is 1.79. The number of aromatic nitrogens is 2. The molecule has 0 saturated carbocycles. The van der Waals surface area contributed by atoms with Crippen molar-refractivity contribution in [1.29, 1.82) is 5.26 Å². The Morgan fingerprint density at radius 2 is 1.43 bits per heavy atom. The molecule has 0 bridgehead atoms. The number of nitrogens with zero attached hydrogens (tertiary/aromatic N) is 1. The van der Waals surface area contributed by atoms with Crippen LogP contribution in [0, 0.1) is 11.3 Å². The Kier molecular flexibility index (Phi) is 3.35. The lowest BCUT2D eigenvalue weighted by atomic mass is 9.88. The summed E-state index contributed by atoms with van der Waals surface area (Å²) in [6.07, 6.45) is 3.40. The first-order chi connectivity index (χ1) is 13.6. The molecule has 6 nitrogen and oxygen atoms in total. The molecule has 0 aliphatic rings. The van der Waals surface area contributed by atoms with Gasteiger partial charge < -0.3 is 15.1 Å². The van der Waals surface area contributed by atoms with Crippen LogP contribution < -0.4 is 10.9 Å². The van der Waals surface area contributed by atoms with E-state index in [2.05, 4.69) is 16.0 Å². The molecule has 0 aliphatic heterocycles. The topological polar surface area (TPSA) is 110 Å². The van der Waals surface area contributed by atoms with Crippen molar-refractivity contribution in [2.24, 2.45) is 0 Å². The largest absolute Gasteiger partial charge is 0.392 e. The molecule has 3 aromatic carbocycles. The van der Waals surface area contributed by atoms with Crippen molar-refractivity contribution in [3.8, 4) is 28.3 Å². The number of nitrogens with one attached hydrogen (secondary N) is 2. The number of hydrogen-bond acceptors (Lipinski definition) is 4. The second-order valence-electron chi connectivity index (χ2n) is 6.72. The summed E-state index contributed by atoms with van der Waals surface area (Å²) >= 11 is 0. The van der Waals surface area contributed by atoms with E-state index in [1.807, 2.05) is 12.1 Å². The molecule has 0 spiro atoms. The Morgan fingerprint density at radius 1 is 0.857 bits per heavy atom. The van der Waals surface area contributed by atoms with Gasteiger partial charge in [-0.1, -0.05) is 6.07 Å². The maximum atomic E-state index is 12.5. The van der Waals surface area contributed by atoms with Gasteiger partial charge in [-0.25, -0.2) is 0 Å². The molecule has 134 valence electrons. The van der Waals surface area contributed by atoms with Crippen molar-refractivity contribution in [1.82, 2.24) is 9.97 Å². The summed E-state index contributed by atoms with van der Waals surface area (Å²) in [5, 5.41) is 20.1. The lowest BCUT2D eigenvalue weighted by Crippen LogP contribution is -2.34. The molecule has 2 aromatic heterocycles. The molecule has 0 saturated heterocycles. The van der Waals surface area contributed by atoms with E-state index in [0.29, 0.717) is 27.8 Å². The average Bonchev–Trinajstić information content (AvgIpc) is 3.33. The molecule has 0 unspecified atom stereocenters. The van der Waals surface area contributed by atoms with E-state index < -0.39 is 10.9 Å². The highest BCUT2D eigenvalue weighted by Crippen LogP contribution is 2.37. The number of aromatic amines is 2. The van der Waals surface area contributed by atoms with Crippen molar-refractivity contribution in [2.75, 3.05) is 0 Å². The highest BCUT2D eigenvalue weighted by Gasteiger charge is 2.27. The number of aliphatic hydroxyl groups excluding tert-OH is 1. The smallest absolute Gasteiger partial charge is 0.235 e. The first-order valence-corrected chi connectivity index (χ1v) is 8.68. The minimum atomic E-state index is -0.536. The van der Waals surface area contributed by atoms with E-state index >= 15 is 0 Å². The van der Waals surface area contributed by atoms with Gasteiger partial charge in [-0.3, -0.25) is 9.59 Å². The van der Waals surface area contributed by atoms with Gasteiger partial charge in [-0.15, -0.1) is 0 Å². The minimum Gasteiger partial charge on any atom is -0.392 e. The van der Waals surface area contributed by atoms with Crippen LogP contribution in [-0.4, -0.2) is 15.1 Å². The summed E-state index contributed by atoms with van der Waals surface area (Å²) in [6, 6.07) is 12.7. The Morgan fingerprint density at radius 3 is 2.00 bits per heavy atom. The number of nitriles is 1. The third-order valence-electron chi connectivity index (χ3n) is 5.19. The fourth-order valence-corrected chi connectivity index (χ4v) is 3.78. The predicted octanol–water partition coefficient (Wildman–Crippen LogP) is 2.94. The summed E-state index contributed by atoms with van der Waals surface area (Å²) in [7, 11) is 0. The van der Waals surface area contributed by atoms with Crippen LogP contribution in [0.2, 0.25) is 0 Å². The Labute approximate surface area is 158 Å². The molecule has 28 heavy (non-hydrogen) atoms.